The van der Waals surface area contributed by atoms with E-state index < -0.39 is 16.1 Å². The van der Waals surface area contributed by atoms with E-state index in [4.69, 9.17) is 16.3 Å². The quantitative estimate of drug-likeness (QED) is 0.632. The van der Waals surface area contributed by atoms with E-state index in [0.29, 0.717) is 13.1 Å². The van der Waals surface area contributed by atoms with Crippen LogP contribution < -0.4 is 9.46 Å². The number of piperazine rings is 1. The molecule has 0 radical (unpaired) electrons. The Morgan fingerprint density at radius 1 is 1.16 bits per heavy atom. The molecule has 32 heavy (non-hydrogen) atoms. The van der Waals surface area contributed by atoms with Crippen LogP contribution in [0.25, 0.3) is 6.08 Å². The number of nitrogens with zero attached hydrogens (tertiary/aromatic N) is 2. The minimum Gasteiger partial charge on any atom is -0.495 e. The van der Waals surface area contributed by atoms with Crippen molar-refractivity contribution in [3.63, 3.8) is 0 Å². The number of halogens is 1. The molecule has 2 aromatic carbocycles. The minimum absolute atomic E-state index is 0.0952. The standard InChI is InChI=1S/C23H28ClN3O4S/c1-18(25-32(29,30)22-17-20(24)10-11-21(22)31-2)23(28)27-15-13-26(14-16-27)12-6-9-19-7-4-3-5-8-19/h3-11,17-18,25H,12-16H2,1-2H3/b9-6+/t18-/m1/s1. The smallest absolute Gasteiger partial charge is 0.245 e. The van der Waals surface area contributed by atoms with Crippen molar-refractivity contribution in [3.05, 3.63) is 65.2 Å². The van der Waals surface area contributed by atoms with Crippen LogP contribution in [0.2, 0.25) is 5.02 Å². The SMILES string of the molecule is COc1ccc(Cl)cc1S(=O)(=O)N[C@H](C)C(=O)N1CCN(C/C=C/c2ccccc2)CC1. The average molecular weight is 478 g/mol. The van der Waals surface area contributed by atoms with Crippen LogP contribution in [0, 0.1) is 0 Å². The van der Waals surface area contributed by atoms with Gasteiger partial charge in [0.2, 0.25) is 15.9 Å². The highest BCUT2D eigenvalue weighted by molar-refractivity contribution is 7.89. The molecule has 9 heteroatoms. The summed E-state index contributed by atoms with van der Waals surface area (Å²) in [6.07, 6.45) is 4.19. The molecule has 2 aromatic rings. The zero-order valence-electron chi connectivity index (χ0n) is 18.2. The average Bonchev–Trinajstić information content (AvgIpc) is 2.79. The van der Waals surface area contributed by atoms with Crippen LogP contribution in [0.4, 0.5) is 0 Å². The Balaban J connectivity index is 1.53. The van der Waals surface area contributed by atoms with Gasteiger partial charge in [-0.2, -0.15) is 4.72 Å². The zero-order chi connectivity index (χ0) is 23.1. The lowest BCUT2D eigenvalue weighted by atomic mass is 10.2. The summed E-state index contributed by atoms with van der Waals surface area (Å²) < 4.78 is 33.2. The first-order valence-corrected chi connectivity index (χ1v) is 12.2. The molecule has 1 amide bonds. The first-order valence-electron chi connectivity index (χ1n) is 10.4. The van der Waals surface area contributed by atoms with Crippen molar-refractivity contribution in [1.82, 2.24) is 14.5 Å². The number of benzene rings is 2. The molecule has 0 unspecified atom stereocenters. The van der Waals surface area contributed by atoms with Gasteiger partial charge in [0.25, 0.3) is 0 Å². The Morgan fingerprint density at radius 3 is 2.50 bits per heavy atom. The van der Waals surface area contributed by atoms with Crippen molar-refractivity contribution in [3.8, 4) is 5.75 Å². The van der Waals surface area contributed by atoms with Gasteiger partial charge < -0.3 is 9.64 Å². The molecule has 1 atom stereocenters. The molecular formula is C23H28ClN3O4S. The number of carbonyl (C=O) groups excluding carboxylic acids is 1. The maximum Gasteiger partial charge on any atom is 0.245 e. The monoisotopic (exact) mass is 477 g/mol. The second-order valence-corrected chi connectivity index (χ2v) is 9.70. The van der Waals surface area contributed by atoms with E-state index >= 15 is 0 Å². The molecule has 1 heterocycles. The van der Waals surface area contributed by atoms with E-state index in [0.717, 1.165) is 25.2 Å². The van der Waals surface area contributed by atoms with Gasteiger partial charge in [0.15, 0.2) is 0 Å². The number of methoxy groups -OCH3 is 1. The Kier molecular flexibility index (Phi) is 8.31. The van der Waals surface area contributed by atoms with Crippen molar-refractivity contribution in [2.45, 2.75) is 17.9 Å². The topological polar surface area (TPSA) is 78.9 Å². The van der Waals surface area contributed by atoms with Crippen LogP contribution in [-0.2, 0) is 14.8 Å². The highest BCUT2D eigenvalue weighted by atomic mass is 35.5. The summed E-state index contributed by atoms with van der Waals surface area (Å²) in [6, 6.07) is 13.5. The third kappa shape index (κ3) is 6.32. The summed E-state index contributed by atoms with van der Waals surface area (Å²) in [6.45, 7) is 4.90. The molecule has 1 N–H and O–H groups in total. The summed E-state index contributed by atoms with van der Waals surface area (Å²) in [5.41, 5.74) is 1.15. The van der Waals surface area contributed by atoms with E-state index in [1.807, 2.05) is 18.2 Å². The highest BCUT2D eigenvalue weighted by Crippen LogP contribution is 2.27. The number of rotatable bonds is 8. The molecule has 1 aliphatic rings. The minimum atomic E-state index is -3.98. The number of sulfonamides is 1. The zero-order valence-corrected chi connectivity index (χ0v) is 19.8. The molecule has 0 aliphatic carbocycles. The van der Waals surface area contributed by atoms with Crippen molar-refractivity contribution >= 4 is 33.6 Å². The number of amides is 1. The van der Waals surface area contributed by atoms with Crippen molar-refractivity contribution in [2.24, 2.45) is 0 Å². The third-order valence-corrected chi connectivity index (χ3v) is 7.07. The molecule has 0 aromatic heterocycles. The summed E-state index contributed by atoms with van der Waals surface area (Å²) in [7, 11) is -2.60. The molecule has 7 nitrogen and oxygen atoms in total. The maximum absolute atomic E-state index is 12.8. The molecular weight excluding hydrogens is 450 g/mol. The van der Waals surface area contributed by atoms with Crippen LogP contribution in [0.1, 0.15) is 12.5 Å². The number of hydrogen-bond donors (Lipinski definition) is 1. The second-order valence-electron chi connectivity index (χ2n) is 7.58. The van der Waals surface area contributed by atoms with Gasteiger partial charge >= 0.3 is 0 Å². The van der Waals surface area contributed by atoms with Gasteiger partial charge in [-0.05, 0) is 30.7 Å². The summed E-state index contributed by atoms with van der Waals surface area (Å²) in [5.74, 6) is -0.0900. The molecule has 0 saturated carbocycles. The number of hydrogen-bond acceptors (Lipinski definition) is 5. The Morgan fingerprint density at radius 2 is 1.84 bits per heavy atom. The lowest BCUT2D eigenvalue weighted by Crippen LogP contribution is -2.54. The molecule has 1 fully saturated rings. The summed E-state index contributed by atoms with van der Waals surface area (Å²) in [5, 5.41) is 0.266. The van der Waals surface area contributed by atoms with Crippen LogP contribution >= 0.6 is 11.6 Å². The fourth-order valence-corrected chi connectivity index (χ4v) is 5.16. The Hall–Kier alpha value is -2.39. The van der Waals surface area contributed by atoms with Crippen LogP contribution in [-0.4, -0.2) is 70.0 Å². The van der Waals surface area contributed by atoms with Gasteiger partial charge in [-0.1, -0.05) is 54.1 Å². The van der Waals surface area contributed by atoms with Crippen LogP contribution in [0.5, 0.6) is 5.75 Å². The van der Waals surface area contributed by atoms with E-state index in [-0.39, 0.29) is 21.6 Å². The first-order chi connectivity index (χ1) is 15.3. The summed E-state index contributed by atoms with van der Waals surface area (Å²) >= 11 is 5.95. The number of nitrogens with one attached hydrogen (secondary N) is 1. The molecule has 0 spiro atoms. The van der Waals surface area contributed by atoms with E-state index in [1.165, 1.54) is 19.2 Å². The predicted octanol–water partition coefficient (Wildman–Crippen LogP) is 2.87. The first kappa shape index (κ1) is 24.3. The van der Waals surface area contributed by atoms with E-state index in [1.54, 1.807) is 17.9 Å². The Labute approximate surface area is 194 Å². The summed E-state index contributed by atoms with van der Waals surface area (Å²) in [4.78, 5) is 16.7. The van der Waals surface area contributed by atoms with E-state index in [2.05, 4.69) is 33.9 Å². The largest absolute Gasteiger partial charge is 0.495 e. The second kappa shape index (κ2) is 11.0. The number of ether oxygens (including phenoxy) is 1. The van der Waals surface area contributed by atoms with Gasteiger partial charge in [0.1, 0.15) is 10.6 Å². The fourth-order valence-electron chi connectivity index (χ4n) is 3.53. The molecule has 3 rings (SSSR count). The highest BCUT2D eigenvalue weighted by Gasteiger charge is 2.29. The van der Waals surface area contributed by atoms with Gasteiger partial charge in [-0.25, -0.2) is 8.42 Å². The fraction of sp³-hybridized carbons (Fsp3) is 0.348. The van der Waals surface area contributed by atoms with Gasteiger partial charge in [0.05, 0.1) is 13.2 Å². The normalized spacial score (nSPS) is 16.3. The lowest BCUT2D eigenvalue weighted by Gasteiger charge is -2.35. The molecule has 1 aliphatic heterocycles. The number of carbonyl (C=O) groups is 1. The van der Waals surface area contributed by atoms with Gasteiger partial charge in [-0.3, -0.25) is 9.69 Å². The van der Waals surface area contributed by atoms with Gasteiger partial charge in [-0.15, -0.1) is 0 Å². The lowest BCUT2D eigenvalue weighted by molar-refractivity contribution is -0.134. The molecule has 1 saturated heterocycles. The molecule has 172 valence electrons. The van der Waals surface area contributed by atoms with Crippen molar-refractivity contribution in [1.29, 1.82) is 0 Å². The van der Waals surface area contributed by atoms with Crippen molar-refractivity contribution < 1.29 is 17.9 Å². The van der Waals surface area contributed by atoms with Gasteiger partial charge in [0, 0.05) is 37.7 Å². The predicted molar refractivity (Wildman–Crippen MR) is 126 cm³/mol. The third-order valence-electron chi connectivity index (χ3n) is 5.27. The van der Waals surface area contributed by atoms with Crippen LogP contribution in [0.3, 0.4) is 0 Å². The van der Waals surface area contributed by atoms with E-state index in [9.17, 15) is 13.2 Å². The van der Waals surface area contributed by atoms with Crippen LogP contribution in [0.15, 0.2) is 59.5 Å². The molecule has 0 bridgehead atoms. The van der Waals surface area contributed by atoms with Crippen molar-refractivity contribution in [2.75, 3.05) is 39.8 Å². The maximum atomic E-state index is 12.8. The Bertz CT molecular complexity index is 1050.